The molecule has 0 saturated carbocycles. The number of rotatable bonds is 7. The van der Waals surface area contributed by atoms with Gasteiger partial charge in [0.25, 0.3) is 0 Å². The lowest BCUT2D eigenvalue weighted by Crippen LogP contribution is -2.35. The molecule has 1 aliphatic rings. The fourth-order valence-electron chi connectivity index (χ4n) is 4.96. The van der Waals surface area contributed by atoms with Gasteiger partial charge in [-0.05, 0) is 57.1 Å². The lowest BCUT2D eigenvalue weighted by molar-refractivity contribution is -0.139. The molecule has 210 valence electrons. The van der Waals surface area contributed by atoms with Crippen LogP contribution in [0.2, 0.25) is 0 Å². The Hall–Kier alpha value is -4.05. The van der Waals surface area contributed by atoms with Crippen LogP contribution < -0.4 is 9.47 Å². The third-order valence-electron chi connectivity index (χ3n) is 7.14. The van der Waals surface area contributed by atoms with Gasteiger partial charge in [-0.1, -0.05) is 18.2 Å². The van der Waals surface area contributed by atoms with Gasteiger partial charge in [0.15, 0.2) is 0 Å². The number of nitrogens with zero attached hydrogens (tertiary/aromatic N) is 3. The number of likely N-dealkylation sites (tertiary alicyclic amines) is 1. The Morgan fingerprint density at radius 1 is 1.05 bits per heavy atom. The predicted octanol–water partition coefficient (Wildman–Crippen LogP) is 6.44. The highest BCUT2D eigenvalue weighted by Gasteiger charge is 2.35. The second kappa shape index (κ2) is 11.2. The molecule has 1 unspecified atom stereocenters. The van der Waals surface area contributed by atoms with Gasteiger partial charge in [0.1, 0.15) is 35.6 Å². The largest absolute Gasteiger partial charge is 0.490 e. The van der Waals surface area contributed by atoms with E-state index in [-0.39, 0.29) is 23.0 Å². The van der Waals surface area contributed by atoms with Gasteiger partial charge in [-0.2, -0.15) is 13.2 Å². The number of benzene rings is 3. The van der Waals surface area contributed by atoms with Crippen LogP contribution in [-0.2, 0) is 10.9 Å². The summed E-state index contributed by atoms with van der Waals surface area (Å²) in [5.41, 5.74) is 1.38. The number of fused-ring (bicyclic) bond motifs is 1. The molecule has 0 N–H and O–H groups in total. The molecule has 0 bridgehead atoms. The van der Waals surface area contributed by atoms with Crippen molar-refractivity contribution < 1.29 is 32.2 Å². The van der Waals surface area contributed by atoms with Crippen molar-refractivity contribution >= 4 is 17.0 Å². The van der Waals surface area contributed by atoms with Crippen molar-refractivity contribution in [2.24, 2.45) is 0 Å². The number of piperidine rings is 1. The number of alkyl halides is 3. The topological polar surface area (TPSA) is 65.8 Å². The van der Waals surface area contributed by atoms with Crippen molar-refractivity contribution in [2.75, 3.05) is 27.2 Å². The van der Waals surface area contributed by atoms with Crippen molar-refractivity contribution in [2.45, 2.75) is 38.1 Å². The number of carbonyl (C=O) groups is 1. The van der Waals surface area contributed by atoms with Crippen LogP contribution >= 0.6 is 0 Å². The molecule has 1 saturated heterocycles. The molecule has 1 atom stereocenters. The number of aromatic nitrogens is 2. The first-order valence-electron chi connectivity index (χ1n) is 13.0. The first kappa shape index (κ1) is 27.5. The van der Waals surface area contributed by atoms with E-state index in [1.807, 2.05) is 22.8 Å². The average molecular weight is 554 g/mol. The van der Waals surface area contributed by atoms with E-state index in [1.54, 1.807) is 18.5 Å². The monoisotopic (exact) mass is 553 g/mol. The van der Waals surface area contributed by atoms with Gasteiger partial charge in [-0.15, -0.1) is 0 Å². The minimum Gasteiger partial charge on any atom is -0.490 e. The van der Waals surface area contributed by atoms with Gasteiger partial charge in [0.05, 0.1) is 29.4 Å². The Morgan fingerprint density at radius 3 is 2.52 bits per heavy atom. The van der Waals surface area contributed by atoms with Crippen molar-refractivity contribution in [3.8, 4) is 17.2 Å². The molecule has 0 spiro atoms. The second-order valence-electron chi connectivity index (χ2n) is 9.90. The third kappa shape index (κ3) is 5.77. The first-order chi connectivity index (χ1) is 19.1. The summed E-state index contributed by atoms with van der Waals surface area (Å²) in [5, 5.41) is 0. The lowest BCUT2D eigenvalue weighted by atomic mass is 10.0. The number of halogens is 3. The first-order valence-corrected chi connectivity index (χ1v) is 13.0. The smallest absolute Gasteiger partial charge is 0.416 e. The van der Waals surface area contributed by atoms with Crippen LogP contribution in [0.3, 0.4) is 0 Å². The predicted molar refractivity (Wildman–Crippen MR) is 144 cm³/mol. The minimum atomic E-state index is -4.55. The zero-order valence-corrected chi connectivity index (χ0v) is 22.4. The van der Waals surface area contributed by atoms with E-state index in [0.29, 0.717) is 5.69 Å². The molecular weight excluding hydrogens is 523 g/mol. The van der Waals surface area contributed by atoms with Gasteiger partial charge >= 0.3 is 12.1 Å². The van der Waals surface area contributed by atoms with Crippen LogP contribution in [0.15, 0.2) is 67.0 Å². The van der Waals surface area contributed by atoms with Crippen LogP contribution in [0.4, 0.5) is 13.2 Å². The van der Waals surface area contributed by atoms with Crippen LogP contribution in [0.5, 0.6) is 11.5 Å². The molecule has 1 aliphatic heterocycles. The summed E-state index contributed by atoms with van der Waals surface area (Å²) in [6.45, 7) is 3.47. The summed E-state index contributed by atoms with van der Waals surface area (Å²) in [7, 11) is 3.33. The second-order valence-corrected chi connectivity index (χ2v) is 9.90. The summed E-state index contributed by atoms with van der Waals surface area (Å²) in [4.78, 5) is 19.3. The Morgan fingerprint density at radius 2 is 1.80 bits per heavy atom. The Labute approximate surface area is 230 Å². The van der Waals surface area contributed by atoms with E-state index >= 15 is 0 Å². The Kier molecular flexibility index (Phi) is 7.71. The number of ether oxygens (including phenoxy) is 3. The molecule has 2 heterocycles. The quantitative estimate of drug-likeness (QED) is 0.245. The number of carbonyl (C=O) groups excluding carboxylic acids is 1. The zero-order chi connectivity index (χ0) is 28.4. The summed E-state index contributed by atoms with van der Waals surface area (Å²) >= 11 is 0. The van der Waals surface area contributed by atoms with E-state index in [1.165, 1.54) is 38.3 Å². The molecule has 1 aromatic heterocycles. The standard InChI is InChI=1S/C30H30F3N3O4/c1-19(23-6-4-5-7-25(23)30(31,32)33)39-28-16-20(8-10-24(28)29(37)38-3)36-18-34-26-11-9-22(17-27(26)36)40-21-12-14-35(2)15-13-21/h4-11,16-19,21H,12-15H2,1-3H3. The van der Waals surface area contributed by atoms with E-state index in [0.717, 1.165) is 48.8 Å². The average Bonchev–Trinajstić information content (AvgIpc) is 3.36. The molecule has 3 aromatic carbocycles. The summed E-state index contributed by atoms with van der Waals surface area (Å²) in [6.07, 6.45) is -1.90. The highest BCUT2D eigenvalue weighted by atomic mass is 19.4. The van der Waals surface area contributed by atoms with Gasteiger partial charge in [-0.25, -0.2) is 9.78 Å². The van der Waals surface area contributed by atoms with Crippen LogP contribution in [0, 0.1) is 0 Å². The fraction of sp³-hybridized carbons (Fsp3) is 0.333. The summed E-state index contributed by atoms with van der Waals surface area (Å²) in [5.74, 6) is 0.153. The molecule has 7 nitrogen and oxygen atoms in total. The number of esters is 1. The van der Waals surface area contributed by atoms with Gasteiger partial charge in [-0.3, -0.25) is 4.57 Å². The molecular formula is C30H30F3N3O4. The highest BCUT2D eigenvalue weighted by molar-refractivity contribution is 5.93. The molecule has 0 radical (unpaired) electrons. The van der Waals surface area contributed by atoms with E-state index in [2.05, 4.69) is 16.9 Å². The summed E-state index contributed by atoms with van der Waals surface area (Å²) in [6, 6.07) is 15.8. The zero-order valence-electron chi connectivity index (χ0n) is 22.4. The molecule has 10 heteroatoms. The number of hydrogen-bond donors (Lipinski definition) is 0. The van der Waals surface area contributed by atoms with Gasteiger partial charge in [0, 0.05) is 30.8 Å². The molecule has 1 fully saturated rings. The maximum absolute atomic E-state index is 13.7. The SMILES string of the molecule is COC(=O)c1ccc(-n2cnc3ccc(OC4CCN(C)CC4)cc32)cc1OC(C)c1ccccc1C(F)(F)F. The number of methoxy groups -OCH3 is 1. The molecule has 4 aromatic rings. The van der Waals surface area contributed by atoms with Crippen molar-refractivity contribution in [3.05, 3.63) is 83.7 Å². The Bertz CT molecular complexity index is 1510. The third-order valence-corrected chi connectivity index (χ3v) is 7.14. The lowest BCUT2D eigenvalue weighted by Gasteiger charge is -2.29. The van der Waals surface area contributed by atoms with Crippen molar-refractivity contribution in [3.63, 3.8) is 0 Å². The number of imidazole rings is 1. The maximum atomic E-state index is 13.7. The van der Waals surface area contributed by atoms with E-state index in [4.69, 9.17) is 14.2 Å². The van der Waals surface area contributed by atoms with E-state index in [9.17, 15) is 18.0 Å². The fourth-order valence-corrected chi connectivity index (χ4v) is 4.96. The van der Waals surface area contributed by atoms with Crippen LogP contribution in [0.1, 0.15) is 47.4 Å². The van der Waals surface area contributed by atoms with Crippen LogP contribution in [-0.4, -0.2) is 53.8 Å². The normalized spacial score (nSPS) is 15.7. The molecule has 5 rings (SSSR count). The van der Waals surface area contributed by atoms with E-state index < -0.39 is 23.8 Å². The minimum absolute atomic E-state index is 0.0417. The Balaban J connectivity index is 1.48. The molecule has 0 aliphatic carbocycles. The van der Waals surface area contributed by atoms with Crippen molar-refractivity contribution in [1.29, 1.82) is 0 Å². The number of hydrogen-bond acceptors (Lipinski definition) is 6. The maximum Gasteiger partial charge on any atom is 0.416 e. The molecule has 0 amide bonds. The van der Waals surface area contributed by atoms with Gasteiger partial charge < -0.3 is 19.1 Å². The van der Waals surface area contributed by atoms with Gasteiger partial charge in [0.2, 0.25) is 0 Å². The van der Waals surface area contributed by atoms with Crippen molar-refractivity contribution in [1.82, 2.24) is 14.5 Å². The highest BCUT2D eigenvalue weighted by Crippen LogP contribution is 2.37. The van der Waals surface area contributed by atoms with Crippen LogP contribution in [0.25, 0.3) is 16.7 Å². The summed E-state index contributed by atoms with van der Waals surface area (Å²) < 4.78 is 59.9. The molecule has 40 heavy (non-hydrogen) atoms.